The van der Waals surface area contributed by atoms with Crippen LogP contribution in [-0.4, -0.2) is 18.3 Å². The Morgan fingerprint density at radius 2 is 1.89 bits per heavy atom. The van der Waals surface area contributed by atoms with Crippen molar-refractivity contribution in [2.75, 3.05) is 12.4 Å². The second kappa shape index (κ2) is 9.66. The van der Waals surface area contributed by atoms with Gasteiger partial charge in [-0.05, 0) is 31.6 Å². The zero-order chi connectivity index (χ0) is 13.2. The molecule has 1 aliphatic carbocycles. The van der Waals surface area contributed by atoms with E-state index in [0.29, 0.717) is 11.8 Å². The van der Waals surface area contributed by atoms with E-state index < -0.39 is 0 Å². The minimum Gasteiger partial charge on any atom is -0.356 e. The zero-order valence-electron chi connectivity index (χ0n) is 11.7. The molecule has 1 unspecified atom stereocenters. The standard InChI is InChI=1S/C15H28ClNO/c1-2-7-13(10-11-16)12-17-15(18)14-8-5-3-4-6-9-14/h13-14H,2-12H2,1H3,(H,17,18). The van der Waals surface area contributed by atoms with Gasteiger partial charge in [-0.2, -0.15) is 0 Å². The highest BCUT2D eigenvalue weighted by molar-refractivity contribution is 6.17. The highest BCUT2D eigenvalue weighted by Crippen LogP contribution is 2.23. The van der Waals surface area contributed by atoms with Crippen molar-refractivity contribution in [1.29, 1.82) is 0 Å². The van der Waals surface area contributed by atoms with Gasteiger partial charge in [0, 0.05) is 18.3 Å². The average Bonchev–Trinajstić information content (AvgIpc) is 2.65. The van der Waals surface area contributed by atoms with Crippen LogP contribution in [0.5, 0.6) is 0 Å². The van der Waals surface area contributed by atoms with E-state index in [2.05, 4.69) is 12.2 Å². The van der Waals surface area contributed by atoms with Crippen LogP contribution in [0.25, 0.3) is 0 Å². The van der Waals surface area contributed by atoms with Crippen LogP contribution in [0, 0.1) is 11.8 Å². The molecule has 2 nitrogen and oxygen atoms in total. The lowest BCUT2D eigenvalue weighted by molar-refractivity contribution is -0.125. The molecular formula is C15H28ClNO. The maximum absolute atomic E-state index is 12.1. The maximum atomic E-state index is 12.1. The first-order valence-corrected chi connectivity index (χ1v) is 8.15. The summed E-state index contributed by atoms with van der Waals surface area (Å²) in [7, 11) is 0. The Morgan fingerprint density at radius 1 is 1.22 bits per heavy atom. The van der Waals surface area contributed by atoms with Crippen molar-refractivity contribution >= 4 is 17.5 Å². The molecule has 0 saturated heterocycles. The molecule has 1 atom stereocenters. The Morgan fingerprint density at radius 3 is 2.44 bits per heavy atom. The van der Waals surface area contributed by atoms with Gasteiger partial charge in [0.2, 0.25) is 5.91 Å². The van der Waals surface area contributed by atoms with Crippen molar-refractivity contribution in [2.24, 2.45) is 11.8 Å². The number of rotatable bonds is 7. The third kappa shape index (κ3) is 6.08. The van der Waals surface area contributed by atoms with Crippen LogP contribution in [-0.2, 0) is 4.79 Å². The summed E-state index contributed by atoms with van der Waals surface area (Å²) in [5.41, 5.74) is 0. The molecule has 1 amide bonds. The summed E-state index contributed by atoms with van der Waals surface area (Å²) in [6, 6.07) is 0. The van der Waals surface area contributed by atoms with Crippen LogP contribution < -0.4 is 5.32 Å². The van der Waals surface area contributed by atoms with Crippen LogP contribution >= 0.6 is 11.6 Å². The molecule has 0 aliphatic heterocycles. The van der Waals surface area contributed by atoms with E-state index in [1.165, 1.54) is 32.1 Å². The molecule has 0 bridgehead atoms. The minimum atomic E-state index is 0.269. The molecule has 18 heavy (non-hydrogen) atoms. The van der Waals surface area contributed by atoms with Gasteiger partial charge in [0.15, 0.2) is 0 Å². The fourth-order valence-electron chi connectivity index (χ4n) is 2.84. The van der Waals surface area contributed by atoms with Gasteiger partial charge in [0.05, 0.1) is 0 Å². The Labute approximate surface area is 117 Å². The summed E-state index contributed by atoms with van der Waals surface area (Å²) in [4.78, 5) is 12.1. The molecule has 0 aromatic heterocycles. The quantitative estimate of drug-likeness (QED) is 0.549. The number of amides is 1. The molecule has 0 spiro atoms. The van der Waals surface area contributed by atoms with Crippen molar-refractivity contribution in [1.82, 2.24) is 5.32 Å². The van der Waals surface area contributed by atoms with Crippen LogP contribution in [0.1, 0.15) is 64.7 Å². The predicted octanol–water partition coefficient (Wildman–Crippen LogP) is 4.12. The van der Waals surface area contributed by atoms with Crippen molar-refractivity contribution in [3.63, 3.8) is 0 Å². The van der Waals surface area contributed by atoms with Gasteiger partial charge in [-0.25, -0.2) is 0 Å². The molecule has 1 fully saturated rings. The van der Waals surface area contributed by atoms with Gasteiger partial charge in [0.1, 0.15) is 0 Å². The monoisotopic (exact) mass is 273 g/mol. The van der Waals surface area contributed by atoms with E-state index in [1.807, 2.05) is 0 Å². The summed E-state index contributed by atoms with van der Waals surface area (Å²) in [6.07, 6.45) is 10.6. The third-order valence-corrected chi connectivity index (χ3v) is 4.22. The smallest absolute Gasteiger partial charge is 0.223 e. The van der Waals surface area contributed by atoms with Crippen LogP contribution in [0.3, 0.4) is 0 Å². The Balaban J connectivity index is 2.28. The van der Waals surface area contributed by atoms with Gasteiger partial charge in [-0.3, -0.25) is 4.79 Å². The zero-order valence-corrected chi connectivity index (χ0v) is 12.5. The van der Waals surface area contributed by atoms with Gasteiger partial charge in [0.25, 0.3) is 0 Å². The molecule has 106 valence electrons. The van der Waals surface area contributed by atoms with Crippen molar-refractivity contribution in [3.05, 3.63) is 0 Å². The number of hydrogen-bond donors (Lipinski definition) is 1. The van der Waals surface area contributed by atoms with Crippen LogP contribution in [0.4, 0.5) is 0 Å². The Hall–Kier alpha value is -0.240. The van der Waals surface area contributed by atoms with E-state index in [0.717, 1.165) is 32.2 Å². The van der Waals surface area contributed by atoms with Crippen LogP contribution in [0.2, 0.25) is 0 Å². The average molecular weight is 274 g/mol. The summed E-state index contributed by atoms with van der Waals surface area (Å²) in [6.45, 7) is 3.00. The molecule has 0 aromatic carbocycles. The summed E-state index contributed by atoms with van der Waals surface area (Å²) in [5.74, 6) is 1.81. The minimum absolute atomic E-state index is 0.269. The third-order valence-electron chi connectivity index (χ3n) is 4.01. The summed E-state index contributed by atoms with van der Waals surface area (Å²) in [5, 5.41) is 3.15. The Kier molecular flexibility index (Phi) is 8.49. The second-order valence-corrected chi connectivity index (χ2v) is 5.94. The predicted molar refractivity (Wildman–Crippen MR) is 77.9 cm³/mol. The first kappa shape index (κ1) is 15.8. The number of carbonyl (C=O) groups is 1. The number of alkyl halides is 1. The molecule has 0 heterocycles. The largest absolute Gasteiger partial charge is 0.356 e. The number of nitrogens with one attached hydrogen (secondary N) is 1. The molecule has 0 radical (unpaired) electrons. The highest BCUT2D eigenvalue weighted by atomic mass is 35.5. The van der Waals surface area contributed by atoms with Gasteiger partial charge in [-0.15, -0.1) is 11.6 Å². The van der Waals surface area contributed by atoms with Gasteiger partial charge < -0.3 is 5.32 Å². The SMILES string of the molecule is CCCC(CCCl)CNC(=O)C1CCCCCC1. The van der Waals surface area contributed by atoms with Crippen molar-refractivity contribution in [3.8, 4) is 0 Å². The lowest BCUT2D eigenvalue weighted by atomic mass is 9.97. The van der Waals surface area contributed by atoms with E-state index >= 15 is 0 Å². The van der Waals surface area contributed by atoms with Gasteiger partial charge in [-0.1, -0.05) is 39.0 Å². The number of hydrogen-bond acceptors (Lipinski definition) is 1. The van der Waals surface area contributed by atoms with E-state index in [4.69, 9.17) is 11.6 Å². The molecule has 1 aliphatic rings. The van der Waals surface area contributed by atoms with Crippen LogP contribution in [0.15, 0.2) is 0 Å². The molecular weight excluding hydrogens is 246 g/mol. The number of carbonyl (C=O) groups excluding carboxylic acids is 1. The maximum Gasteiger partial charge on any atom is 0.223 e. The Bertz CT molecular complexity index is 219. The fraction of sp³-hybridized carbons (Fsp3) is 0.933. The molecule has 1 saturated carbocycles. The lowest BCUT2D eigenvalue weighted by Crippen LogP contribution is -2.34. The molecule has 1 N–H and O–H groups in total. The van der Waals surface area contributed by atoms with Crippen molar-refractivity contribution in [2.45, 2.75) is 64.7 Å². The lowest BCUT2D eigenvalue weighted by Gasteiger charge is -2.19. The van der Waals surface area contributed by atoms with E-state index in [1.54, 1.807) is 0 Å². The van der Waals surface area contributed by atoms with Crippen molar-refractivity contribution < 1.29 is 4.79 Å². The summed E-state index contributed by atoms with van der Waals surface area (Å²) < 4.78 is 0. The topological polar surface area (TPSA) is 29.1 Å². The molecule has 0 aromatic rings. The highest BCUT2D eigenvalue weighted by Gasteiger charge is 2.20. The summed E-state index contributed by atoms with van der Waals surface area (Å²) >= 11 is 5.80. The molecule has 1 rings (SSSR count). The first-order chi connectivity index (χ1) is 8.77. The van der Waals surface area contributed by atoms with E-state index in [9.17, 15) is 4.79 Å². The normalized spacial score (nSPS) is 19.2. The number of halogens is 1. The first-order valence-electron chi connectivity index (χ1n) is 7.61. The second-order valence-electron chi connectivity index (χ2n) is 5.57. The fourth-order valence-corrected chi connectivity index (χ4v) is 3.15. The van der Waals surface area contributed by atoms with Gasteiger partial charge >= 0.3 is 0 Å². The van der Waals surface area contributed by atoms with E-state index in [-0.39, 0.29) is 11.8 Å². The molecule has 3 heteroatoms.